The summed E-state index contributed by atoms with van der Waals surface area (Å²) in [5.41, 5.74) is -0.282. The average molecular weight is 390 g/mol. The van der Waals surface area contributed by atoms with Gasteiger partial charge < -0.3 is 44.8 Å². The van der Waals surface area contributed by atoms with Crippen molar-refractivity contribution in [1.29, 1.82) is 0 Å². The van der Waals surface area contributed by atoms with Gasteiger partial charge in [0.05, 0.1) is 24.9 Å². The van der Waals surface area contributed by atoms with Gasteiger partial charge in [0.15, 0.2) is 6.29 Å². The Morgan fingerprint density at radius 3 is 2.33 bits per heavy atom. The molecular formula is C16H22O11. The molecular weight excluding hydrogens is 368 g/mol. The van der Waals surface area contributed by atoms with Crippen LogP contribution in [0.1, 0.15) is 6.42 Å². The van der Waals surface area contributed by atoms with Crippen molar-refractivity contribution in [3.8, 4) is 0 Å². The SMILES string of the molecule is C=C[C@H]1[C@@H](O[C@H]2O[C@@H](CO)[C@@H](O)[C@@H](O)[C@H]2O)OC=C(C(=O)O)[C@@H]1CC(=O)O. The molecule has 11 heteroatoms. The smallest absolute Gasteiger partial charge is 0.335 e. The van der Waals surface area contributed by atoms with E-state index in [4.69, 9.17) is 19.3 Å². The third kappa shape index (κ3) is 4.46. The number of carboxylic acids is 2. The van der Waals surface area contributed by atoms with Crippen LogP contribution >= 0.6 is 0 Å². The lowest BCUT2D eigenvalue weighted by atomic mass is 9.81. The Balaban J connectivity index is 2.23. The number of carboxylic acid groups (broad SMARTS) is 2. The third-order valence-electron chi connectivity index (χ3n) is 4.54. The molecule has 0 aromatic carbocycles. The van der Waals surface area contributed by atoms with Crippen molar-refractivity contribution in [2.75, 3.05) is 6.61 Å². The van der Waals surface area contributed by atoms with E-state index in [1.807, 2.05) is 0 Å². The van der Waals surface area contributed by atoms with E-state index in [1.165, 1.54) is 6.08 Å². The van der Waals surface area contributed by atoms with Gasteiger partial charge in [0.1, 0.15) is 24.4 Å². The fourth-order valence-electron chi connectivity index (χ4n) is 3.07. The second-order valence-electron chi connectivity index (χ2n) is 6.23. The predicted molar refractivity (Wildman–Crippen MR) is 84.9 cm³/mol. The number of carbonyl (C=O) groups is 2. The van der Waals surface area contributed by atoms with Gasteiger partial charge in [-0.15, -0.1) is 6.58 Å². The molecule has 0 aliphatic carbocycles. The first-order valence-corrected chi connectivity index (χ1v) is 8.10. The fourth-order valence-corrected chi connectivity index (χ4v) is 3.07. The molecule has 2 aliphatic rings. The molecule has 0 aromatic rings. The first-order chi connectivity index (χ1) is 12.7. The van der Waals surface area contributed by atoms with Gasteiger partial charge in [-0.3, -0.25) is 4.79 Å². The molecule has 0 unspecified atom stereocenters. The Labute approximate surface area is 153 Å². The van der Waals surface area contributed by atoms with Crippen LogP contribution in [0.4, 0.5) is 0 Å². The molecule has 2 heterocycles. The molecule has 0 amide bonds. The summed E-state index contributed by atoms with van der Waals surface area (Å²) >= 11 is 0. The number of rotatable bonds is 7. The van der Waals surface area contributed by atoms with Gasteiger partial charge in [-0.25, -0.2) is 4.79 Å². The highest BCUT2D eigenvalue weighted by Gasteiger charge is 2.47. The Morgan fingerprint density at radius 1 is 1.15 bits per heavy atom. The number of aliphatic carboxylic acids is 2. The maximum Gasteiger partial charge on any atom is 0.335 e. The lowest BCUT2D eigenvalue weighted by Gasteiger charge is -2.42. The summed E-state index contributed by atoms with van der Waals surface area (Å²) in [6, 6.07) is 0. The monoisotopic (exact) mass is 390 g/mol. The molecule has 0 aromatic heterocycles. The van der Waals surface area contributed by atoms with Crippen molar-refractivity contribution in [2.45, 2.75) is 43.4 Å². The van der Waals surface area contributed by atoms with Crippen molar-refractivity contribution < 1.29 is 54.4 Å². The largest absolute Gasteiger partial charge is 0.481 e. The van der Waals surface area contributed by atoms with Gasteiger partial charge in [0.25, 0.3) is 0 Å². The number of aliphatic hydroxyl groups is 4. The normalized spacial score (nSPS) is 39.2. The van der Waals surface area contributed by atoms with E-state index in [0.29, 0.717) is 0 Å². The van der Waals surface area contributed by atoms with Crippen LogP contribution in [0.3, 0.4) is 0 Å². The average Bonchev–Trinajstić information content (AvgIpc) is 2.61. The zero-order chi connectivity index (χ0) is 20.3. The van der Waals surface area contributed by atoms with Gasteiger partial charge in [-0.2, -0.15) is 0 Å². The highest BCUT2D eigenvalue weighted by atomic mass is 16.8. The molecule has 8 atom stereocenters. The van der Waals surface area contributed by atoms with Crippen molar-refractivity contribution in [1.82, 2.24) is 0 Å². The summed E-state index contributed by atoms with van der Waals surface area (Å²) in [4.78, 5) is 22.5. The van der Waals surface area contributed by atoms with Crippen LogP contribution in [0.15, 0.2) is 24.5 Å². The highest BCUT2D eigenvalue weighted by Crippen LogP contribution is 2.36. The van der Waals surface area contributed by atoms with E-state index in [1.54, 1.807) is 0 Å². The number of aliphatic hydroxyl groups excluding tert-OH is 4. The molecule has 1 fully saturated rings. The molecule has 0 radical (unpaired) electrons. The summed E-state index contributed by atoms with van der Waals surface area (Å²) in [5, 5.41) is 57.1. The van der Waals surface area contributed by atoms with Crippen LogP contribution in [0.25, 0.3) is 0 Å². The van der Waals surface area contributed by atoms with Crippen LogP contribution in [0.5, 0.6) is 0 Å². The third-order valence-corrected chi connectivity index (χ3v) is 4.54. The second-order valence-corrected chi connectivity index (χ2v) is 6.23. The minimum atomic E-state index is -1.69. The van der Waals surface area contributed by atoms with Crippen LogP contribution < -0.4 is 0 Å². The van der Waals surface area contributed by atoms with Crippen molar-refractivity contribution >= 4 is 11.9 Å². The fraction of sp³-hybridized carbons (Fsp3) is 0.625. The topological polar surface area (TPSA) is 183 Å². The first-order valence-electron chi connectivity index (χ1n) is 8.10. The Hall–Kier alpha value is -2.02. The minimum absolute atomic E-state index is 0.282. The Bertz CT molecular complexity index is 601. The summed E-state index contributed by atoms with van der Waals surface area (Å²) in [6.07, 6.45) is -7.39. The first kappa shape index (κ1) is 21.3. The van der Waals surface area contributed by atoms with E-state index in [2.05, 4.69) is 6.58 Å². The molecule has 0 spiro atoms. The van der Waals surface area contributed by atoms with Gasteiger partial charge in [0.2, 0.25) is 6.29 Å². The zero-order valence-corrected chi connectivity index (χ0v) is 14.1. The molecule has 1 saturated heterocycles. The molecule has 6 N–H and O–H groups in total. The second kappa shape index (κ2) is 8.78. The number of hydrogen-bond acceptors (Lipinski definition) is 9. The predicted octanol–water partition coefficient (Wildman–Crippen LogP) is -1.98. The van der Waals surface area contributed by atoms with Gasteiger partial charge in [0, 0.05) is 11.8 Å². The van der Waals surface area contributed by atoms with Gasteiger partial charge in [-0.1, -0.05) is 6.08 Å². The van der Waals surface area contributed by atoms with Crippen LogP contribution in [-0.2, 0) is 23.8 Å². The Morgan fingerprint density at radius 2 is 1.81 bits per heavy atom. The van der Waals surface area contributed by atoms with E-state index < -0.39 is 73.8 Å². The molecule has 0 bridgehead atoms. The highest BCUT2D eigenvalue weighted by molar-refractivity contribution is 5.88. The molecule has 0 saturated carbocycles. The molecule has 2 aliphatic heterocycles. The van der Waals surface area contributed by atoms with Crippen molar-refractivity contribution in [2.24, 2.45) is 11.8 Å². The van der Waals surface area contributed by atoms with Crippen molar-refractivity contribution in [3.63, 3.8) is 0 Å². The summed E-state index contributed by atoms with van der Waals surface area (Å²) < 4.78 is 15.9. The minimum Gasteiger partial charge on any atom is -0.481 e. The maximum atomic E-state index is 11.3. The Kier molecular flexibility index (Phi) is 6.92. The molecule has 27 heavy (non-hydrogen) atoms. The standard InChI is InChI=1S/C16H22O11/c1-2-6-7(3-10(18)19)8(14(23)24)5-25-15(6)27-16-13(22)12(21)11(20)9(4-17)26-16/h2,5-7,9,11-13,15-17,20-22H,1,3-4H2,(H,18,19)(H,23,24)/t6-,7-,9+,11-,12-,13-,15-,16-/m1/s1. The van der Waals surface area contributed by atoms with Crippen LogP contribution in [0, 0.1) is 11.8 Å². The van der Waals surface area contributed by atoms with Gasteiger partial charge in [-0.05, 0) is 0 Å². The van der Waals surface area contributed by atoms with E-state index >= 15 is 0 Å². The quantitative estimate of drug-likeness (QED) is 0.265. The number of ether oxygens (including phenoxy) is 3. The lowest BCUT2D eigenvalue weighted by molar-refractivity contribution is -0.339. The van der Waals surface area contributed by atoms with Crippen LogP contribution in [-0.4, -0.2) is 86.2 Å². The lowest BCUT2D eigenvalue weighted by Crippen LogP contribution is -2.60. The maximum absolute atomic E-state index is 11.3. The molecule has 11 nitrogen and oxygen atoms in total. The zero-order valence-electron chi connectivity index (χ0n) is 14.1. The van der Waals surface area contributed by atoms with E-state index in [-0.39, 0.29) is 5.57 Å². The van der Waals surface area contributed by atoms with E-state index in [9.17, 15) is 35.1 Å². The number of hydrogen-bond donors (Lipinski definition) is 6. The summed E-state index contributed by atoms with van der Waals surface area (Å²) in [6.45, 7) is 2.89. The van der Waals surface area contributed by atoms with E-state index in [0.717, 1.165) is 6.26 Å². The molecule has 2 rings (SSSR count). The van der Waals surface area contributed by atoms with Crippen molar-refractivity contribution in [3.05, 3.63) is 24.5 Å². The van der Waals surface area contributed by atoms with Crippen LogP contribution in [0.2, 0.25) is 0 Å². The summed E-state index contributed by atoms with van der Waals surface area (Å²) in [7, 11) is 0. The molecule has 152 valence electrons. The van der Waals surface area contributed by atoms with Gasteiger partial charge >= 0.3 is 11.9 Å². The summed E-state index contributed by atoms with van der Waals surface area (Å²) in [5.74, 6) is -4.56.